The van der Waals surface area contributed by atoms with Crippen LogP contribution in [0.5, 0.6) is 0 Å². The van der Waals surface area contributed by atoms with E-state index in [1.807, 2.05) is 84.4 Å². The molecular weight excluding hydrogens is 422 g/mol. The first-order valence-electron chi connectivity index (χ1n) is 9.94. The molecule has 0 saturated carbocycles. The Hall–Kier alpha value is -3.91. The van der Waals surface area contributed by atoms with Gasteiger partial charge < -0.3 is 15.2 Å². The quantitative estimate of drug-likeness (QED) is 0.412. The van der Waals surface area contributed by atoms with Gasteiger partial charge in [0.2, 0.25) is 5.91 Å². The highest BCUT2D eigenvalue weighted by Gasteiger charge is 2.13. The summed E-state index contributed by atoms with van der Waals surface area (Å²) >= 11 is 1.32. The molecule has 0 bridgehead atoms. The van der Waals surface area contributed by atoms with E-state index >= 15 is 0 Å². The summed E-state index contributed by atoms with van der Waals surface area (Å²) in [5.74, 6) is 0.636. The summed E-state index contributed by atoms with van der Waals surface area (Å²) in [5, 5.41) is 14.8. The number of thioether (sulfide) groups is 1. The summed E-state index contributed by atoms with van der Waals surface area (Å²) in [4.78, 5) is 24.5. The lowest BCUT2D eigenvalue weighted by Crippen LogP contribution is -2.14. The van der Waals surface area contributed by atoms with Crippen molar-refractivity contribution < 1.29 is 9.59 Å². The van der Waals surface area contributed by atoms with Gasteiger partial charge in [0.15, 0.2) is 11.0 Å². The molecule has 4 aromatic rings. The van der Waals surface area contributed by atoms with Gasteiger partial charge in [-0.2, -0.15) is 0 Å². The summed E-state index contributed by atoms with van der Waals surface area (Å²) in [5.41, 5.74) is 2.91. The highest BCUT2D eigenvalue weighted by atomic mass is 32.2. The number of carbonyl (C=O) groups excluding carboxylic acids is 2. The van der Waals surface area contributed by atoms with Gasteiger partial charge in [-0.1, -0.05) is 48.2 Å². The second-order valence-electron chi connectivity index (χ2n) is 6.97. The third kappa shape index (κ3) is 5.22. The first kappa shape index (κ1) is 21.3. The molecule has 0 radical (unpaired) electrons. The fourth-order valence-electron chi connectivity index (χ4n) is 3.04. The predicted molar refractivity (Wildman–Crippen MR) is 127 cm³/mol. The van der Waals surface area contributed by atoms with Crippen LogP contribution in [0.2, 0.25) is 0 Å². The minimum atomic E-state index is -0.163. The fraction of sp³-hybridized carbons (Fsp3) is 0.0833. The van der Waals surface area contributed by atoms with Gasteiger partial charge in [-0.25, -0.2) is 0 Å². The second-order valence-corrected chi connectivity index (χ2v) is 7.91. The van der Waals surface area contributed by atoms with Crippen molar-refractivity contribution in [2.75, 3.05) is 16.4 Å². The van der Waals surface area contributed by atoms with Crippen LogP contribution in [0.3, 0.4) is 0 Å². The van der Waals surface area contributed by atoms with Crippen LogP contribution < -0.4 is 10.6 Å². The van der Waals surface area contributed by atoms with Crippen LogP contribution in [-0.4, -0.2) is 32.3 Å². The Morgan fingerprint density at radius 1 is 0.812 bits per heavy atom. The van der Waals surface area contributed by atoms with Gasteiger partial charge in [0.25, 0.3) is 5.91 Å². The summed E-state index contributed by atoms with van der Waals surface area (Å²) in [6, 6.07) is 25.8. The Balaban J connectivity index is 1.37. The van der Waals surface area contributed by atoms with Crippen LogP contribution in [0.1, 0.15) is 10.4 Å². The monoisotopic (exact) mass is 443 g/mol. The Morgan fingerprint density at radius 3 is 2.12 bits per heavy atom. The first-order chi connectivity index (χ1) is 15.6. The average molecular weight is 444 g/mol. The SMILES string of the molecule is Cn1c(SCC(=O)Nc2ccccc2)nnc1-c1ccc(NC(=O)c2ccccc2)cc1. The van der Waals surface area contributed by atoms with E-state index in [1.165, 1.54) is 11.8 Å². The molecule has 0 fully saturated rings. The van der Waals surface area contributed by atoms with Crippen molar-refractivity contribution in [3.63, 3.8) is 0 Å². The fourth-order valence-corrected chi connectivity index (χ4v) is 3.75. The summed E-state index contributed by atoms with van der Waals surface area (Å²) < 4.78 is 1.85. The van der Waals surface area contributed by atoms with E-state index in [9.17, 15) is 9.59 Å². The Labute approximate surface area is 189 Å². The number of hydrogen-bond donors (Lipinski definition) is 2. The van der Waals surface area contributed by atoms with Crippen molar-refractivity contribution in [1.82, 2.24) is 14.8 Å². The molecule has 2 amide bonds. The molecule has 0 unspecified atom stereocenters. The zero-order chi connectivity index (χ0) is 22.3. The van der Waals surface area contributed by atoms with E-state index in [1.54, 1.807) is 12.1 Å². The summed E-state index contributed by atoms with van der Waals surface area (Å²) in [6.45, 7) is 0. The van der Waals surface area contributed by atoms with Gasteiger partial charge in [0.05, 0.1) is 5.75 Å². The highest BCUT2D eigenvalue weighted by molar-refractivity contribution is 7.99. The molecule has 4 rings (SSSR count). The molecule has 1 heterocycles. The predicted octanol–water partition coefficient (Wildman–Crippen LogP) is 4.47. The van der Waals surface area contributed by atoms with Gasteiger partial charge in [-0.3, -0.25) is 9.59 Å². The van der Waals surface area contributed by atoms with E-state index < -0.39 is 0 Å². The van der Waals surface area contributed by atoms with Crippen molar-refractivity contribution in [2.24, 2.45) is 7.05 Å². The largest absolute Gasteiger partial charge is 0.325 e. The molecule has 0 aliphatic heterocycles. The van der Waals surface area contributed by atoms with Gasteiger partial charge in [-0.15, -0.1) is 10.2 Å². The van der Waals surface area contributed by atoms with Crippen molar-refractivity contribution in [2.45, 2.75) is 5.16 Å². The maximum atomic E-state index is 12.3. The number of nitrogens with one attached hydrogen (secondary N) is 2. The van der Waals surface area contributed by atoms with Crippen molar-refractivity contribution in [3.05, 3.63) is 90.5 Å². The number of benzene rings is 3. The van der Waals surface area contributed by atoms with Crippen molar-refractivity contribution >= 4 is 35.0 Å². The number of hydrogen-bond acceptors (Lipinski definition) is 5. The van der Waals surface area contributed by atoms with Crippen LogP contribution in [0.4, 0.5) is 11.4 Å². The Morgan fingerprint density at radius 2 is 1.44 bits per heavy atom. The molecular formula is C24H21N5O2S. The van der Waals surface area contributed by atoms with Gasteiger partial charge in [0.1, 0.15) is 0 Å². The number of aromatic nitrogens is 3. The van der Waals surface area contributed by atoms with E-state index in [0.29, 0.717) is 22.2 Å². The number of nitrogens with zero attached hydrogens (tertiary/aromatic N) is 3. The van der Waals surface area contributed by atoms with Crippen LogP contribution in [0, 0.1) is 0 Å². The third-order valence-electron chi connectivity index (χ3n) is 4.66. The molecule has 0 saturated heterocycles. The van der Waals surface area contributed by atoms with Crippen LogP contribution in [-0.2, 0) is 11.8 Å². The normalized spacial score (nSPS) is 10.5. The molecule has 0 aliphatic rings. The first-order valence-corrected chi connectivity index (χ1v) is 10.9. The van der Waals surface area contributed by atoms with Crippen LogP contribution >= 0.6 is 11.8 Å². The lowest BCUT2D eigenvalue weighted by molar-refractivity contribution is -0.113. The van der Waals surface area contributed by atoms with Crippen LogP contribution in [0.25, 0.3) is 11.4 Å². The number of rotatable bonds is 7. The number of carbonyl (C=O) groups is 2. The standard InChI is InChI=1S/C24H21N5O2S/c1-29-22(27-28-24(29)32-16-21(30)25-19-10-6-3-7-11-19)17-12-14-20(15-13-17)26-23(31)18-8-4-2-5-9-18/h2-15H,16H2,1H3,(H,25,30)(H,26,31). The van der Waals surface area contributed by atoms with Gasteiger partial charge in [0, 0.05) is 29.5 Å². The van der Waals surface area contributed by atoms with Crippen molar-refractivity contribution in [3.8, 4) is 11.4 Å². The molecule has 0 aliphatic carbocycles. The second kappa shape index (κ2) is 9.93. The zero-order valence-electron chi connectivity index (χ0n) is 17.4. The van der Waals surface area contributed by atoms with Crippen molar-refractivity contribution in [1.29, 1.82) is 0 Å². The minimum absolute atomic E-state index is 0.107. The van der Waals surface area contributed by atoms with E-state index in [4.69, 9.17) is 0 Å². The third-order valence-corrected chi connectivity index (χ3v) is 5.68. The van der Waals surface area contributed by atoms with Gasteiger partial charge in [-0.05, 0) is 48.5 Å². The lowest BCUT2D eigenvalue weighted by Gasteiger charge is -2.07. The van der Waals surface area contributed by atoms with E-state index in [2.05, 4.69) is 20.8 Å². The molecule has 0 spiro atoms. The molecule has 8 heteroatoms. The minimum Gasteiger partial charge on any atom is -0.325 e. The maximum absolute atomic E-state index is 12.3. The zero-order valence-corrected chi connectivity index (χ0v) is 18.2. The maximum Gasteiger partial charge on any atom is 0.255 e. The molecule has 160 valence electrons. The van der Waals surface area contributed by atoms with Gasteiger partial charge >= 0.3 is 0 Å². The highest BCUT2D eigenvalue weighted by Crippen LogP contribution is 2.24. The van der Waals surface area contributed by atoms with Crippen LogP contribution in [0.15, 0.2) is 90.1 Å². The number of amides is 2. The topological polar surface area (TPSA) is 88.9 Å². The number of anilines is 2. The molecule has 3 aromatic carbocycles. The summed E-state index contributed by atoms with van der Waals surface area (Å²) in [7, 11) is 1.86. The molecule has 1 aromatic heterocycles. The molecule has 7 nitrogen and oxygen atoms in total. The molecule has 0 atom stereocenters. The Bertz CT molecular complexity index is 1210. The molecule has 2 N–H and O–H groups in total. The van der Waals surface area contributed by atoms with E-state index in [0.717, 1.165) is 11.3 Å². The average Bonchev–Trinajstić information content (AvgIpc) is 3.19. The molecule has 32 heavy (non-hydrogen) atoms. The lowest BCUT2D eigenvalue weighted by atomic mass is 10.1. The smallest absolute Gasteiger partial charge is 0.255 e. The van der Waals surface area contributed by atoms with E-state index in [-0.39, 0.29) is 17.6 Å². The Kier molecular flexibility index (Phi) is 6.62. The number of para-hydroxylation sites is 1. The summed E-state index contributed by atoms with van der Waals surface area (Å²) in [6.07, 6.45) is 0.